The number of ether oxygens (including phenoxy) is 1. The third-order valence-electron chi connectivity index (χ3n) is 4.07. The fraction of sp³-hybridized carbons (Fsp3) is 0.467. The van der Waals surface area contributed by atoms with E-state index in [1.807, 2.05) is 13.8 Å². The van der Waals surface area contributed by atoms with Gasteiger partial charge in [-0.25, -0.2) is 14.0 Å². The number of hydrogen-bond acceptors (Lipinski definition) is 5. The lowest BCUT2D eigenvalue weighted by molar-refractivity contribution is -0.150. The lowest BCUT2D eigenvalue weighted by atomic mass is 10.1. The molecule has 0 spiro atoms. The highest BCUT2D eigenvalue weighted by molar-refractivity contribution is 6.55. The summed E-state index contributed by atoms with van der Waals surface area (Å²) < 4.78 is 6.86. The van der Waals surface area contributed by atoms with Crippen LogP contribution in [0.2, 0.25) is 0 Å². The highest BCUT2D eigenvalue weighted by atomic mass is 35.5. The summed E-state index contributed by atoms with van der Waals surface area (Å²) in [5, 5.41) is 3.62. The Morgan fingerprint density at radius 2 is 2.17 bits per heavy atom. The van der Waals surface area contributed by atoms with E-state index < -0.39 is 29.9 Å². The number of carbonyl (C=O) groups excluding carboxylic acids is 1. The number of esters is 1. The zero-order valence-electron chi connectivity index (χ0n) is 13.0. The van der Waals surface area contributed by atoms with Gasteiger partial charge in [0.25, 0.3) is 5.56 Å². The topological polar surface area (TPSA) is 83.2 Å². The average molecular weight is 372 g/mol. The van der Waals surface area contributed by atoms with Crippen molar-refractivity contribution >= 4 is 29.2 Å². The number of terminal acetylenes is 1. The number of hydrogen-bond donors (Lipinski definition) is 0. The Morgan fingerprint density at radius 1 is 1.50 bits per heavy atom. The molecule has 2 atom stereocenters. The monoisotopic (exact) mass is 371 g/mol. The van der Waals surface area contributed by atoms with Crippen molar-refractivity contribution in [3.8, 4) is 12.3 Å². The van der Waals surface area contributed by atoms with Crippen molar-refractivity contribution in [1.82, 2.24) is 14.3 Å². The zero-order valence-corrected chi connectivity index (χ0v) is 14.5. The molecule has 1 fully saturated rings. The Kier molecular flexibility index (Phi) is 5.21. The molecule has 2 rings (SSSR count). The maximum absolute atomic E-state index is 12.2. The van der Waals surface area contributed by atoms with Crippen molar-refractivity contribution in [2.45, 2.75) is 27.1 Å². The number of rotatable bonds is 5. The fourth-order valence-electron chi connectivity index (χ4n) is 2.58. The van der Waals surface area contributed by atoms with Crippen LogP contribution in [0, 0.1) is 29.6 Å². The molecule has 0 aromatic carbocycles. The first-order chi connectivity index (χ1) is 11.2. The molecular formula is C15H15Cl2N3O4. The molecule has 0 bridgehead atoms. The van der Waals surface area contributed by atoms with Crippen LogP contribution < -0.4 is 11.2 Å². The summed E-state index contributed by atoms with van der Waals surface area (Å²) in [5.41, 5.74) is -1.79. The maximum atomic E-state index is 12.2. The van der Waals surface area contributed by atoms with E-state index >= 15 is 0 Å². The highest BCUT2D eigenvalue weighted by Gasteiger charge is 2.61. The third kappa shape index (κ3) is 3.55. The zero-order chi connectivity index (χ0) is 18.1. The SMILES string of the molecule is C#CCn1ncc(=O)n(COC(=O)C2C(C=C(Cl)Cl)C2(C)C)c1=O. The first-order valence-corrected chi connectivity index (χ1v) is 7.75. The molecule has 0 amide bonds. The van der Waals surface area contributed by atoms with E-state index in [4.69, 9.17) is 34.4 Å². The van der Waals surface area contributed by atoms with E-state index in [1.165, 1.54) is 0 Å². The number of aromatic nitrogens is 3. The van der Waals surface area contributed by atoms with Gasteiger partial charge in [-0.15, -0.1) is 6.42 Å². The molecule has 7 nitrogen and oxygen atoms in total. The van der Waals surface area contributed by atoms with Crippen LogP contribution in [-0.4, -0.2) is 20.3 Å². The van der Waals surface area contributed by atoms with E-state index in [0.29, 0.717) is 0 Å². The molecule has 1 aromatic rings. The van der Waals surface area contributed by atoms with Crippen molar-refractivity contribution in [2.24, 2.45) is 17.3 Å². The molecule has 1 saturated carbocycles. The first kappa shape index (κ1) is 18.3. The number of nitrogens with zero attached hydrogens (tertiary/aromatic N) is 3. The van der Waals surface area contributed by atoms with Gasteiger partial charge in [0, 0.05) is 0 Å². The van der Waals surface area contributed by atoms with Crippen molar-refractivity contribution in [2.75, 3.05) is 0 Å². The first-order valence-electron chi connectivity index (χ1n) is 7.00. The molecule has 128 valence electrons. The van der Waals surface area contributed by atoms with Crippen LogP contribution in [0.3, 0.4) is 0 Å². The maximum Gasteiger partial charge on any atom is 0.351 e. The van der Waals surface area contributed by atoms with Gasteiger partial charge in [0.2, 0.25) is 0 Å². The number of carbonyl (C=O) groups is 1. The second-order valence-electron chi connectivity index (χ2n) is 5.93. The van der Waals surface area contributed by atoms with Crippen LogP contribution in [0.15, 0.2) is 26.4 Å². The van der Waals surface area contributed by atoms with E-state index in [-0.39, 0.29) is 22.4 Å². The van der Waals surface area contributed by atoms with Gasteiger partial charge in [-0.1, -0.05) is 43.0 Å². The molecular weight excluding hydrogens is 357 g/mol. The lowest BCUT2D eigenvalue weighted by Crippen LogP contribution is -2.41. The van der Waals surface area contributed by atoms with Crippen LogP contribution in [0.1, 0.15) is 13.8 Å². The van der Waals surface area contributed by atoms with Crippen molar-refractivity contribution in [3.63, 3.8) is 0 Å². The Hall–Kier alpha value is -2.04. The quantitative estimate of drug-likeness (QED) is 0.572. The van der Waals surface area contributed by atoms with Gasteiger partial charge in [-0.3, -0.25) is 9.59 Å². The van der Waals surface area contributed by atoms with Crippen LogP contribution in [0.5, 0.6) is 0 Å². The van der Waals surface area contributed by atoms with Gasteiger partial charge in [0.15, 0.2) is 6.73 Å². The predicted octanol–water partition coefficient (Wildman–Crippen LogP) is 1.13. The van der Waals surface area contributed by atoms with E-state index in [2.05, 4.69) is 11.0 Å². The molecule has 0 saturated heterocycles. The Balaban J connectivity index is 2.13. The summed E-state index contributed by atoms with van der Waals surface area (Å²) in [6, 6.07) is 0. The normalized spacial score (nSPS) is 20.8. The summed E-state index contributed by atoms with van der Waals surface area (Å²) in [4.78, 5) is 36.0. The summed E-state index contributed by atoms with van der Waals surface area (Å²) in [6.45, 7) is 3.13. The molecule has 1 aromatic heterocycles. The molecule has 1 aliphatic rings. The average Bonchev–Trinajstić information content (AvgIpc) is 3.02. The third-order valence-corrected chi connectivity index (χ3v) is 4.32. The summed E-state index contributed by atoms with van der Waals surface area (Å²) in [6.07, 6.45) is 7.64. The van der Waals surface area contributed by atoms with E-state index in [0.717, 1.165) is 15.4 Å². The second-order valence-corrected chi connectivity index (χ2v) is 6.94. The molecule has 1 aliphatic carbocycles. The standard InChI is InChI=1S/C15H15Cl2N3O4/c1-4-5-20-14(23)19(11(21)7-18-20)8-24-13(22)12-9(6-10(16)17)15(12,2)3/h1,6-7,9,12H,5,8H2,2-3H3. The van der Waals surface area contributed by atoms with E-state index in [1.54, 1.807) is 6.08 Å². The minimum absolute atomic E-state index is 0.0749. The van der Waals surface area contributed by atoms with Gasteiger partial charge in [0.05, 0.1) is 5.92 Å². The van der Waals surface area contributed by atoms with Crippen LogP contribution in [-0.2, 0) is 22.8 Å². The van der Waals surface area contributed by atoms with Gasteiger partial charge in [-0.05, 0) is 17.4 Å². The van der Waals surface area contributed by atoms with Crippen LogP contribution >= 0.6 is 23.2 Å². The van der Waals surface area contributed by atoms with Crippen LogP contribution in [0.4, 0.5) is 0 Å². The molecule has 0 radical (unpaired) electrons. The number of halogens is 2. The largest absolute Gasteiger partial charge is 0.443 e. The lowest BCUT2D eigenvalue weighted by Gasteiger charge is -2.08. The Labute approximate surface area is 147 Å². The van der Waals surface area contributed by atoms with Gasteiger partial charge >= 0.3 is 11.7 Å². The summed E-state index contributed by atoms with van der Waals surface area (Å²) in [5.74, 6) is 1.09. The predicted molar refractivity (Wildman–Crippen MR) is 88.2 cm³/mol. The summed E-state index contributed by atoms with van der Waals surface area (Å²) >= 11 is 11.3. The summed E-state index contributed by atoms with van der Waals surface area (Å²) in [7, 11) is 0. The van der Waals surface area contributed by atoms with Crippen LogP contribution in [0.25, 0.3) is 0 Å². The van der Waals surface area contributed by atoms with Gasteiger partial charge in [0.1, 0.15) is 17.2 Å². The Morgan fingerprint density at radius 3 is 2.75 bits per heavy atom. The molecule has 0 aliphatic heterocycles. The van der Waals surface area contributed by atoms with Gasteiger partial charge in [-0.2, -0.15) is 5.10 Å². The molecule has 2 unspecified atom stereocenters. The second kappa shape index (κ2) is 6.83. The minimum Gasteiger partial charge on any atom is -0.443 e. The van der Waals surface area contributed by atoms with Crippen molar-refractivity contribution in [3.05, 3.63) is 37.6 Å². The Bertz CT molecular complexity index is 844. The molecule has 9 heteroatoms. The fourth-order valence-corrected chi connectivity index (χ4v) is 2.85. The molecule has 24 heavy (non-hydrogen) atoms. The van der Waals surface area contributed by atoms with Crippen molar-refractivity contribution < 1.29 is 9.53 Å². The molecule has 1 heterocycles. The minimum atomic E-state index is -0.747. The molecule has 0 N–H and O–H groups in total. The van der Waals surface area contributed by atoms with E-state index in [9.17, 15) is 14.4 Å². The van der Waals surface area contributed by atoms with Crippen molar-refractivity contribution in [1.29, 1.82) is 0 Å². The number of allylic oxidation sites excluding steroid dienone is 1. The highest BCUT2D eigenvalue weighted by Crippen LogP contribution is 2.60. The van der Waals surface area contributed by atoms with Gasteiger partial charge < -0.3 is 4.74 Å². The smallest absolute Gasteiger partial charge is 0.351 e.